The van der Waals surface area contributed by atoms with E-state index in [1.165, 1.54) is 6.08 Å². The van der Waals surface area contributed by atoms with E-state index in [4.69, 9.17) is 0 Å². The highest BCUT2D eigenvalue weighted by molar-refractivity contribution is 5.98. The van der Waals surface area contributed by atoms with Crippen LogP contribution in [0, 0.1) is 13.8 Å². The second-order valence-electron chi connectivity index (χ2n) is 6.15. The number of carbonyl (C=O) groups is 2. The summed E-state index contributed by atoms with van der Waals surface area (Å²) < 4.78 is 1.72. The van der Waals surface area contributed by atoms with Crippen LogP contribution in [0.1, 0.15) is 27.0 Å². The van der Waals surface area contributed by atoms with Gasteiger partial charge in [-0.15, -0.1) is 0 Å². The molecule has 0 atom stereocenters. The molecule has 0 spiro atoms. The molecule has 0 fully saturated rings. The van der Waals surface area contributed by atoms with Crippen LogP contribution in [-0.4, -0.2) is 21.6 Å². The fourth-order valence-corrected chi connectivity index (χ4v) is 2.61. The first-order valence-corrected chi connectivity index (χ1v) is 8.49. The Morgan fingerprint density at radius 3 is 2.56 bits per heavy atom. The van der Waals surface area contributed by atoms with E-state index in [0.29, 0.717) is 5.56 Å². The van der Waals surface area contributed by atoms with Gasteiger partial charge < -0.3 is 0 Å². The van der Waals surface area contributed by atoms with Crippen molar-refractivity contribution in [3.8, 4) is 5.69 Å². The molecule has 6 nitrogen and oxygen atoms in total. The van der Waals surface area contributed by atoms with Gasteiger partial charge in [0, 0.05) is 23.4 Å². The van der Waals surface area contributed by atoms with Gasteiger partial charge in [-0.05, 0) is 43.7 Å². The van der Waals surface area contributed by atoms with Crippen LogP contribution in [0.3, 0.4) is 0 Å². The van der Waals surface area contributed by atoms with E-state index >= 15 is 0 Å². The summed E-state index contributed by atoms with van der Waals surface area (Å²) in [7, 11) is 0. The number of para-hydroxylation sites is 1. The normalized spacial score (nSPS) is 10.7. The highest BCUT2D eigenvalue weighted by atomic mass is 16.2. The Kier molecular flexibility index (Phi) is 5.47. The van der Waals surface area contributed by atoms with Crippen LogP contribution >= 0.6 is 0 Å². The summed E-state index contributed by atoms with van der Waals surface area (Å²) in [6, 6.07) is 15.2. The van der Waals surface area contributed by atoms with Crippen molar-refractivity contribution in [1.29, 1.82) is 0 Å². The lowest BCUT2D eigenvalue weighted by molar-refractivity contribution is -0.117. The molecule has 0 radical (unpaired) electrons. The van der Waals surface area contributed by atoms with Crippen LogP contribution in [0.2, 0.25) is 0 Å². The molecule has 2 amide bonds. The molecule has 2 aromatic carbocycles. The Morgan fingerprint density at radius 2 is 1.81 bits per heavy atom. The Labute approximate surface area is 157 Å². The van der Waals surface area contributed by atoms with Crippen LogP contribution in [-0.2, 0) is 4.79 Å². The van der Waals surface area contributed by atoms with Gasteiger partial charge in [-0.2, -0.15) is 5.10 Å². The Morgan fingerprint density at radius 1 is 1.04 bits per heavy atom. The fraction of sp³-hybridized carbons (Fsp3) is 0.0952. The van der Waals surface area contributed by atoms with Gasteiger partial charge in [-0.25, -0.2) is 4.68 Å². The molecule has 136 valence electrons. The van der Waals surface area contributed by atoms with Crippen LogP contribution in [0.15, 0.2) is 67.0 Å². The molecule has 0 unspecified atom stereocenters. The predicted octanol–water partition coefficient (Wildman–Crippen LogP) is 2.96. The van der Waals surface area contributed by atoms with Crippen molar-refractivity contribution in [3.05, 3.63) is 89.3 Å². The minimum atomic E-state index is -0.430. The minimum Gasteiger partial charge on any atom is -0.268 e. The first-order valence-electron chi connectivity index (χ1n) is 8.49. The highest BCUT2D eigenvalue weighted by Crippen LogP contribution is 2.10. The van der Waals surface area contributed by atoms with Crippen molar-refractivity contribution in [2.45, 2.75) is 13.8 Å². The number of nitrogens with zero attached hydrogens (tertiary/aromatic N) is 2. The minimum absolute atomic E-state index is 0.355. The number of aryl methyl sites for hydroxylation is 2. The Hall–Kier alpha value is -3.67. The summed E-state index contributed by atoms with van der Waals surface area (Å²) in [5, 5.41) is 4.26. The lowest BCUT2D eigenvalue weighted by Crippen LogP contribution is -2.41. The number of aromatic nitrogens is 2. The first kappa shape index (κ1) is 18.1. The van der Waals surface area contributed by atoms with Crippen molar-refractivity contribution >= 4 is 17.9 Å². The molecule has 0 saturated heterocycles. The van der Waals surface area contributed by atoms with E-state index < -0.39 is 5.91 Å². The molecular weight excluding hydrogens is 340 g/mol. The summed E-state index contributed by atoms with van der Waals surface area (Å²) >= 11 is 0. The predicted molar refractivity (Wildman–Crippen MR) is 104 cm³/mol. The van der Waals surface area contributed by atoms with Crippen molar-refractivity contribution in [1.82, 2.24) is 20.6 Å². The maximum absolute atomic E-state index is 12.2. The van der Waals surface area contributed by atoms with E-state index in [2.05, 4.69) is 16.0 Å². The molecule has 3 rings (SSSR count). The first-order chi connectivity index (χ1) is 13.0. The molecular formula is C21H20N4O2. The van der Waals surface area contributed by atoms with Gasteiger partial charge in [0.2, 0.25) is 0 Å². The molecule has 3 aromatic rings. The van der Waals surface area contributed by atoms with Crippen LogP contribution in [0.5, 0.6) is 0 Å². The van der Waals surface area contributed by atoms with Gasteiger partial charge in [0.05, 0.1) is 11.9 Å². The molecule has 0 bridgehead atoms. The zero-order valence-corrected chi connectivity index (χ0v) is 15.1. The Bertz CT molecular complexity index is 990. The molecule has 1 aromatic heterocycles. The smallest absolute Gasteiger partial charge is 0.268 e. The quantitative estimate of drug-likeness (QED) is 0.555. The number of carbonyl (C=O) groups excluding carboxylic acids is 2. The van der Waals surface area contributed by atoms with Crippen LogP contribution in [0.4, 0.5) is 0 Å². The van der Waals surface area contributed by atoms with Gasteiger partial charge in [0.15, 0.2) is 0 Å². The molecule has 0 saturated carbocycles. The van der Waals surface area contributed by atoms with E-state index in [1.807, 2.05) is 62.5 Å². The average Bonchev–Trinajstić information content (AvgIpc) is 3.14. The number of amides is 2. The largest absolute Gasteiger partial charge is 0.269 e. The zero-order chi connectivity index (χ0) is 19.2. The van der Waals surface area contributed by atoms with Gasteiger partial charge >= 0.3 is 0 Å². The average molecular weight is 360 g/mol. The maximum Gasteiger partial charge on any atom is 0.269 e. The number of nitrogens with one attached hydrogen (secondary N) is 2. The number of hydrogen-bond acceptors (Lipinski definition) is 3. The molecule has 0 aliphatic rings. The number of rotatable bonds is 4. The third kappa shape index (κ3) is 4.70. The topological polar surface area (TPSA) is 76.0 Å². The maximum atomic E-state index is 12.2. The molecule has 6 heteroatoms. The van der Waals surface area contributed by atoms with Gasteiger partial charge in [0.1, 0.15) is 0 Å². The summed E-state index contributed by atoms with van der Waals surface area (Å²) in [5.41, 5.74) is 8.95. The lowest BCUT2D eigenvalue weighted by Gasteiger charge is -2.08. The molecule has 27 heavy (non-hydrogen) atoms. The number of hydrazine groups is 1. The number of benzene rings is 2. The van der Waals surface area contributed by atoms with E-state index in [1.54, 1.807) is 23.0 Å². The van der Waals surface area contributed by atoms with Crippen molar-refractivity contribution in [2.75, 3.05) is 0 Å². The van der Waals surface area contributed by atoms with E-state index in [9.17, 15) is 9.59 Å². The zero-order valence-electron chi connectivity index (χ0n) is 15.1. The van der Waals surface area contributed by atoms with Gasteiger partial charge in [0.25, 0.3) is 11.8 Å². The molecule has 1 heterocycles. The molecule has 0 aliphatic heterocycles. The second kappa shape index (κ2) is 8.14. The lowest BCUT2D eigenvalue weighted by atomic mass is 10.1. The fourth-order valence-electron chi connectivity index (χ4n) is 2.61. The molecule has 2 N–H and O–H groups in total. The third-order valence-corrected chi connectivity index (χ3v) is 3.98. The van der Waals surface area contributed by atoms with Crippen molar-refractivity contribution < 1.29 is 9.59 Å². The standard InChI is InChI=1S/C21H20N4O2/c1-15-8-10-19(16(2)12-15)21(27)24-23-20(26)11-9-17-13-22-25(14-17)18-6-4-3-5-7-18/h3-14H,1-2H3,(H,23,26)(H,24,27)/b11-9+. The highest BCUT2D eigenvalue weighted by Gasteiger charge is 2.09. The summed E-state index contributed by atoms with van der Waals surface area (Å²) in [6.45, 7) is 3.81. The molecule has 0 aliphatic carbocycles. The van der Waals surface area contributed by atoms with Crippen molar-refractivity contribution in [3.63, 3.8) is 0 Å². The monoisotopic (exact) mass is 360 g/mol. The second-order valence-corrected chi connectivity index (χ2v) is 6.15. The summed E-state index contributed by atoms with van der Waals surface area (Å²) in [6.07, 6.45) is 6.44. The van der Waals surface area contributed by atoms with Crippen LogP contribution < -0.4 is 10.9 Å². The number of hydrogen-bond donors (Lipinski definition) is 2. The summed E-state index contributed by atoms with van der Waals surface area (Å²) in [5.74, 6) is -0.785. The van der Waals surface area contributed by atoms with Crippen molar-refractivity contribution in [2.24, 2.45) is 0 Å². The van der Waals surface area contributed by atoms with E-state index in [-0.39, 0.29) is 5.91 Å². The summed E-state index contributed by atoms with van der Waals surface area (Å²) in [4.78, 5) is 24.1. The Balaban J connectivity index is 1.56. The SMILES string of the molecule is Cc1ccc(C(=O)NNC(=O)/C=C/c2cnn(-c3ccccc3)c2)c(C)c1. The van der Waals surface area contributed by atoms with Gasteiger partial charge in [-0.3, -0.25) is 20.4 Å². The van der Waals surface area contributed by atoms with Gasteiger partial charge in [-0.1, -0.05) is 35.9 Å². The van der Waals surface area contributed by atoms with E-state index in [0.717, 1.165) is 22.4 Å². The third-order valence-electron chi connectivity index (χ3n) is 3.98. The van der Waals surface area contributed by atoms with Crippen LogP contribution in [0.25, 0.3) is 11.8 Å².